The van der Waals surface area contributed by atoms with Crippen molar-refractivity contribution in [2.45, 2.75) is 12.5 Å². The number of aromatic nitrogens is 3. The maximum absolute atomic E-state index is 4.34. The molecule has 0 fully saturated rings. The first-order chi connectivity index (χ1) is 12.8. The molecule has 2 aromatic heterocycles. The molecule has 0 aliphatic carbocycles. The molecule has 0 saturated heterocycles. The Labute approximate surface area is 156 Å². The van der Waals surface area contributed by atoms with Gasteiger partial charge in [-0.2, -0.15) is 5.10 Å². The van der Waals surface area contributed by atoms with Gasteiger partial charge in [-0.1, -0.05) is 30.3 Å². The smallest absolute Gasteiger partial charge is 0.181 e. The summed E-state index contributed by atoms with van der Waals surface area (Å²) in [4.78, 5) is 8.17. The molecule has 4 nitrogen and oxygen atoms in total. The fourth-order valence-electron chi connectivity index (χ4n) is 3.78. The van der Waals surface area contributed by atoms with Gasteiger partial charge in [-0.05, 0) is 41.8 Å². The van der Waals surface area contributed by atoms with Gasteiger partial charge < -0.3 is 4.90 Å². The van der Waals surface area contributed by atoms with E-state index in [-0.39, 0.29) is 0 Å². The van der Waals surface area contributed by atoms with Crippen LogP contribution in [0.2, 0.25) is 0 Å². The third-order valence-electron chi connectivity index (χ3n) is 4.98. The van der Waals surface area contributed by atoms with Gasteiger partial charge in [-0.3, -0.25) is 0 Å². The summed E-state index contributed by atoms with van der Waals surface area (Å²) in [6.45, 7) is 1.99. The van der Waals surface area contributed by atoms with Crippen LogP contribution in [-0.2, 0) is 6.54 Å². The highest BCUT2D eigenvalue weighted by Crippen LogP contribution is 2.39. The fraction of sp³-hybridized carbons (Fsp3) is 0.190. The Morgan fingerprint density at radius 2 is 2.00 bits per heavy atom. The summed E-state index contributed by atoms with van der Waals surface area (Å²) in [5.74, 6) is 1.09. The van der Waals surface area contributed by atoms with E-state index in [9.17, 15) is 0 Å². The van der Waals surface area contributed by atoms with Gasteiger partial charge >= 0.3 is 0 Å². The Balaban J connectivity index is 1.59. The molecule has 2 aromatic carbocycles. The Kier molecular flexibility index (Phi) is 3.76. The quantitative estimate of drug-likeness (QED) is 0.535. The van der Waals surface area contributed by atoms with Crippen molar-refractivity contribution in [2.24, 2.45) is 0 Å². The van der Waals surface area contributed by atoms with Crippen LogP contribution in [0.4, 0.5) is 0 Å². The second kappa shape index (κ2) is 6.27. The summed E-state index contributed by atoms with van der Waals surface area (Å²) in [6.07, 6.45) is 3.29. The van der Waals surface area contributed by atoms with E-state index < -0.39 is 0 Å². The highest BCUT2D eigenvalue weighted by Gasteiger charge is 2.26. The summed E-state index contributed by atoms with van der Waals surface area (Å²) in [5, 5.41) is 9.44. The van der Waals surface area contributed by atoms with Crippen molar-refractivity contribution >= 4 is 21.4 Å². The van der Waals surface area contributed by atoms with Gasteiger partial charge in [0.1, 0.15) is 0 Å². The van der Waals surface area contributed by atoms with Crippen LogP contribution < -0.4 is 0 Å². The van der Waals surface area contributed by atoms with Crippen LogP contribution in [0.3, 0.4) is 0 Å². The normalized spacial score (nSPS) is 17.3. The highest BCUT2D eigenvalue weighted by molar-refractivity contribution is 7.19. The number of nitrogens with zero attached hydrogens (tertiary/aromatic N) is 4. The molecule has 4 aromatic rings. The van der Waals surface area contributed by atoms with Crippen molar-refractivity contribution in [3.63, 3.8) is 0 Å². The second-order valence-corrected chi connectivity index (χ2v) is 7.93. The van der Waals surface area contributed by atoms with Gasteiger partial charge in [-0.25, -0.2) is 4.98 Å². The van der Waals surface area contributed by atoms with Crippen molar-refractivity contribution < 1.29 is 0 Å². The van der Waals surface area contributed by atoms with Gasteiger partial charge in [-0.15, -0.1) is 16.4 Å². The van der Waals surface area contributed by atoms with Gasteiger partial charge in [0, 0.05) is 40.3 Å². The monoisotopic (exact) mass is 358 g/mol. The molecule has 128 valence electrons. The van der Waals surface area contributed by atoms with E-state index in [1.165, 1.54) is 26.1 Å². The van der Waals surface area contributed by atoms with Crippen LogP contribution in [0.1, 0.15) is 21.9 Å². The molecule has 5 rings (SSSR count). The molecule has 0 saturated carbocycles. The number of likely N-dealkylation sites (N-methyl/N-ethyl adjacent to an activating group) is 1. The first-order valence-corrected chi connectivity index (χ1v) is 9.53. The average molecular weight is 358 g/mol. The Hall–Kier alpha value is -2.63. The zero-order valence-corrected chi connectivity index (χ0v) is 15.3. The number of thiophene rings is 1. The molecule has 3 heterocycles. The van der Waals surface area contributed by atoms with E-state index in [2.05, 4.69) is 75.7 Å². The highest BCUT2D eigenvalue weighted by atomic mass is 32.1. The van der Waals surface area contributed by atoms with Crippen LogP contribution >= 0.6 is 11.3 Å². The number of benzene rings is 2. The lowest BCUT2D eigenvalue weighted by atomic mass is 9.87. The summed E-state index contributed by atoms with van der Waals surface area (Å²) in [7, 11) is 2.19. The average Bonchev–Trinajstić information content (AvgIpc) is 3.11. The van der Waals surface area contributed by atoms with E-state index in [1.54, 1.807) is 12.4 Å². The molecule has 0 spiro atoms. The summed E-state index contributed by atoms with van der Waals surface area (Å²) >= 11 is 1.91. The van der Waals surface area contributed by atoms with Crippen molar-refractivity contribution in [2.75, 3.05) is 13.6 Å². The standard InChI is InChI=1S/C21H18N4S/c1-25-12-16-10-15(21-22-8-9-23-24-21)6-7-17(16)18(13-25)20-11-14-4-2-3-5-19(14)26-20/h2-11,18H,12-13H2,1H3. The maximum Gasteiger partial charge on any atom is 0.181 e. The summed E-state index contributed by atoms with van der Waals surface area (Å²) < 4.78 is 1.36. The molecule has 1 aliphatic rings. The summed E-state index contributed by atoms with van der Waals surface area (Å²) in [6, 6.07) is 17.6. The van der Waals surface area contributed by atoms with Crippen molar-refractivity contribution in [1.82, 2.24) is 20.1 Å². The molecule has 1 unspecified atom stereocenters. The van der Waals surface area contributed by atoms with Crippen molar-refractivity contribution in [3.05, 3.63) is 76.9 Å². The van der Waals surface area contributed by atoms with E-state index in [0.29, 0.717) is 11.7 Å². The van der Waals surface area contributed by atoms with Crippen LogP contribution in [0.5, 0.6) is 0 Å². The molecule has 1 aliphatic heterocycles. The molecular formula is C21H18N4S. The zero-order valence-electron chi connectivity index (χ0n) is 14.5. The van der Waals surface area contributed by atoms with Crippen LogP contribution in [-0.4, -0.2) is 33.7 Å². The van der Waals surface area contributed by atoms with Gasteiger partial charge in [0.25, 0.3) is 0 Å². The van der Waals surface area contributed by atoms with E-state index in [0.717, 1.165) is 18.7 Å². The molecule has 26 heavy (non-hydrogen) atoms. The Bertz CT molecular complexity index is 1040. The summed E-state index contributed by atoms with van der Waals surface area (Å²) in [5.41, 5.74) is 3.80. The SMILES string of the molecule is CN1Cc2cc(-c3nccnn3)ccc2C(c2cc3ccccc3s2)C1. The molecule has 0 bridgehead atoms. The zero-order chi connectivity index (χ0) is 17.5. The second-order valence-electron chi connectivity index (χ2n) is 6.82. The maximum atomic E-state index is 4.34. The minimum atomic E-state index is 0.407. The Morgan fingerprint density at radius 1 is 1.08 bits per heavy atom. The fourth-order valence-corrected chi connectivity index (χ4v) is 4.96. The molecule has 1 atom stereocenters. The van der Waals surface area contributed by atoms with E-state index in [4.69, 9.17) is 0 Å². The lowest BCUT2D eigenvalue weighted by Crippen LogP contribution is -2.30. The van der Waals surface area contributed by atoms with Gasteiger partial charge in [0.15, 0.2) is 5.82 Å². The lowest BCUT2D eigenvalue weighted by molar-refractivity contribution is 0.296. The largest absolute Gasteiger partial charge is 0.301 e. The van der Waals surface area contributed by atoms with Crippen molar-refractivity contribution in [1.29, 1.82) is 0 Å². The van der Waals surface area contributed by atoms with Gasteiger partial charge in [0.2, 0.25) is 0 Å². The van der Waals surface area contributed by atoms with Crippen LogP contribution in [0.15, 0.2) is 60.9 Å². The predicted octanol–water partition coefficient (Wildman–Crippen LogP) is 4.33. The van der Waals surface area contributed by atoms with Gasteiger partial charge in [0.05, 0.1) is 6.20 Å². The number of hydrogen-bond acceptors (Lipinski definition) is 5. The first-order valence-electron chi connectivity index (χ1n) is 8.72. The minimum absolute atomic E-state index is 0.407. The molecule has 0 radical (unpaired) electrons. The number of fused-ring (bicyclic) bond motifs is 2. The van der Waals surface area contributed by atoms with E-state index >= 15 is 0 Å². The molecule has 0 amide bonds. The minimum Gasteiger partial charge on any atom is -0.301 e. The number of hydrogen-bond donors (Lipinski definition) is 0. The van der Waals surface area contributed by atoms with Crippen LogP contribution in [0.25, 0.3) is 21.5 Å². The third kappa shape index (κ3) is 2.69. The first kappa shape index (κ1) is 15.6. The third-order valence-corrected chi connectivity index (χ3v) is 6.21. The van der Waals surface area contributed by atoms with Crippen LogP contribution in [0, 0.1) is 0 Å². The van der Waals surface area contributed by atoms with E-state index in [1.807, 2.05) is 11.3 Å². The molecular weight excluding hydrogens is 340 g/mol. The number of rotatable bonds is 2. The molecule has 5 heteroatoms. The lowest BCUT2D eigenvalue weighted by Gasteiger charge is -2.32. The van der Waals surface area contributed by atoms with Crippen molar-refractivity contribution in [3.8, 4) is 11.4 Å². The molecule has 0 N–H and O–H groups in total. The predicted molar refractivity (Wildman–Crippen MR) is 105 cm³/mol. The Morgan fingerprint density at radius 3 is 2.85 bits per heavy atom. The topological polar surface area (TPSA) is 41.9 Å².